The highest BCUT2D eigenvalue weighted by Crippen LogP contribution is 2.02. The molecule has 1 saturated heterocycles. The van der Waals surface area contributed by atoms with Gasteiger partial charge < -0.3 is 10.6 Å². The topological polar surface area (TPSA) is 49.8 Å². The average Bonchev–Trinajstić information content (AvgIpc) is 2.59. The Morgan fingerprint density at radius 2 is 2.58 bits per heavy atom. The molecular weight excluding hydrogens is 172 g/mol. The third kappa shape index (κ3) is 2.00. The van der Waals surface area contributed by atoms with E-state index in [2.05, 4.69) is 20.2 Å². The summed E-state index contributed by atoms with van der Waals surface area (Å²) in [6.45, 7) is 3.17. The first-order valence-electron chi connectivity index (χ1n) is 4.15. The van der Waals surface area contributed by atoms with E-state index in [1.807, 2.05) is 5.38 Å². The van der Waals surface area contributed by atoms with Gasteiger partial charge in [-0.25, -0.2) is 0 Å². The lowest BCUT2D eigenvalue weighted by atomic mass is 10.1. The quantitative estimate of drug-likeness (QED) is 0.659. The molecular formula is C7H12N4S. The van der Waals surface area contributed by atoms with Crippen molar-refractivity contribution in [3.05, 3.63) is 11.1 Å². The summed E-state index contributed by atoms with van der Waals surface area (Å²) < 4.78 is 3.83. The molecule has 66 valence electrons. The summed E-state index contributed by atoms with van der Waals surface area (Å²) in [5.41, 5.74) is 1.10. The molecule has 1 fully saturated rings. The summed E-state index contributed by atoms with van der Waals surface area (Å²) >= 11 is 1.42. The number of hydrogen-bond donors (Lipinski definition) is 2. The van der Waals surface area contributed by atoms with E-state index in [0.717, 1.165) is 31.7 Å². The largest absolute Gasteiger partial charge is 0.314 e. The summed E-state index contributed by atoms with van der Waals surface area (Å²) in [5, 5.41) is 12.8. The molecule has 0 radical (unpaired) electrons. The van der Waals surface area contributed by atoms with Crippen molar-refractivity contribution in [1.29, 1.82) is 0 Å². The molecule has 1 unspecified atom stereocenters. The summed E-state index contributed by atoms with van der Waals surface area (Å²) in [6.07, 6.45) is 0.990. The Balaban J connectivity index is 1.86. The van der Waals surface area contributed by atoms with Gasteiger partial charge in [0, 0.05) is 37.5 Å². The zero-order valence-corrected chi connectivity index (χ0v) is 7.60. The highest BCUT2D eigenvalue weighted by atomic mass is 32.1. The number of nitrogens with zero attached hydrogens (tertiary/aromatic N) is 2. The van der Waals surface area contributed by atoms with Gasteiger partial charge in [0.25, 0.3) is 0 Å². The molecule has 0 aliphatic carbocycles. The first-order valence-corrected chi connectivity index (χ1v) is 4.99. The van der Waals surface area contributed by atoms with Crippen molar-refractivity contribution >= 4 is 11.5 Å². The van der Waals surface area contributed by atoms with Gasteiger partial charge >= 0.3 is 0 Å². The van der Waals surface area contributed by atoms with Crippen LogP contribution in [0.2, 0.25) is 0 Å². The van der Waals surface area contributed by atoms with E-state index in [4.69, 9.17) is 0 Å². The Kier molecular flexibility index (Phi) is 2.65. The average molecular weight is 184 g/mol. The molecule has 2 heterocycles. The van der Waals surface area contributed by atoms with E-state index in [9.17, 15) is 0 Å². The van der Waals surface area contributed by atoms with Crippen LogP contribution in [0.3, 0.4) is 0 Å². The van der Waals surface area contributed by atoms with Crippen LogP contribution in [-0.2, 0) is 6.42 Å². The maximum Gasteiger partial charge on any atom is 0.0771 e. The second kappa shape index (κ2) is 3.93. The molecule has 1 atom stereocenters. The highest BCUT2D eigenvalue weighted by molar-refractivity contribution is 7.03. The molecule has 1 aromatic heterocycles. The van der Waals surface area contributed by atoms with Crippen molar-refractivity contribution in [2.24, 2.45) is 0 Å². The van der Waals surface area contributed by atoms with Crippen LogP contribution in [0.15, 0.2) is 5.38 Å². The van der Waals surface area contributed by atoms with Crippen LogP contribution in [-0.4, -0.2) is 35.3 Å². The Bertz CT molecular complexity index is 217. The summed E-state index contributed by atoms with van der Waals surface area (Å²) in [6, 6.07) is 0.530. The monoisotopic (exact) mass is 184 g/mol. The lowest BCUT2D eigenvalue weighted by molar-refractivity contribution is 0.414. The van der Waals surface area contributed by atoms with Gasteiger partial charge in [-0.15, -0.1) is 5.10 Å². The van der Waals surface area contributed by atoms with Crippen LogP contribution in [0.4, 0.5) is 0 Å². The molecule has 0 bridgehead atoms. The lowest BCUT2D eigenvalue weighted by Gasteiger charge is -2.23. The fraction of sp³-hybridized carbons (Fsp3) is 0.714. The van der Waals surface area contributed by atoms with Crippen molar-refractivity contribution < 1.29 is 0 Å². The zero-order valence-electron chi connectivity index (χ0n) is 6.79. The maximum atomic E-state index is 4.01. The van der Waals surface area contributed by atoms with Crippen LogP contribution in [0.1, 0.15) is 5.69 Å². The Labute approximate surface area is 75.5 Å². The first kappa shape index (κ1) is 8.10. The number of piperazine rings is 1. The SMILES string of the molecule is c1snnc1CC1CNCCN1. The molecule has 12 heavy (non-hydrogen) atoms. The van der Waals surface area contributed by atoms with Crippen LogP contribution < -0.4 is 10.6 Å². The summed E-state index contributed by atoms with van der Waals surface area (Å²) in [5.74, 6) is 0. The van der Waals surface area contributed by atoms with Gasteiger partial charge in [-0.1, -0.05) is 4.49 Å². The minimum absolute atomic E-state index is 0.530. The van der Waals surface area contributed by atoms with E-state index in [1.165, 1.54) is 11.5 Å². The van der Waals surface area contributed by atoms with Crippen LogP contribution >= 0.6 is 11.5 Å². The number of nitrogens with one attached hydrogen (secondary N) is 2. The number of aromatic nitrogens is 2. The van der Waals surface area contributed by atoms with E-state index in [-0.39, 0.29) is 0 Å². The second-order valence-corrected chi connectivity index (χ2v) is 3.57. The number of rotatable bonds is 2. The Morgan fingerprint density at radius 1 is 1.58 bits per heavy atom. The van der Waals surface area contributed by atoms with Crippen LogP contribution in [0.5, 0.6) is 0 Å². The zero-order chi connectivity index (χ0) is 8.23. The minimum atomic E-state index is 0.530. The van der Waals surface area contributed by atoms with Gasteiger partial charge in [-0.05, 0) is 11.5 Å². The molecule has 5 heteroatoms. The third-order valence-electron chi connectivity index (χ3n) is 1.99. The Morgan fingerprint density at radius 3 is 3.25 bits per heavy atom. The summed E-state index contributed by atoms with van der Waals surface area (Å²) in [7, 11) is 0. The van der Waals surface area contributed by atoms with Gasteiger partial charge in [-0.3, -0.25) is 0 Å². The molecule has 0 aromatic carbocycles. The van der Waals surface area contributed by atoms with E-state index in [0.29, 0.717) is 6.04 Å². The minimum Gasteiger partial charge on any atom is -0.314 e. The van der Waals surface area contributed by atoms with Gasteiger partial charge in [0.15, 0.2) is 0 Å². The molecule has 1 aromatic rings. The first-order chi connectivity index (χ1) is 5.95. The standard InChI is InChI=1S/C7H12N4S/c1-2-9-6(4-8-1)3-7-5-12-11-10-7/h5-6,8-9H,1-4H2. The van der Waals surface area contributed by atoms with Crippen LogP contribution in [0.25, 0.3) is 0 Å². The predicted molar refractivity (Wildman–Crippen MR) is 48.3 cm³/mol. The molecule has 0 saturated carbocycles. The van der Waals surface area contributed by atoms with Crippen molar-refractivity contribution in [3.63, 3.8) is 0 Å². The predicted octanol–water partition coefficient (Wildman–Crippen LogP) is -0.358. The third-order valence-corrected chi connectivity index (χ3v) is 2.54. The molecule has 2 rings (SSSR count). The molecule has 0 amide bonds. The van der Waals surface area contributed by atoms with Gasteiger partial charge in [0.1, 0.15) is 0 Å². The van der Waals surface area contributed by atoms with Gasteiger partial charge in [0.05, 0.1) is 5.69 Å². The molecule has 1 aliphatic heterocycles. The number of hydrogen-bond acceptors (Lipinski definition) is 5. The van der Waals surface area contributed by atoms with Crippen LogP contribution in [0, 0.1) is 0 Å². The molecule has 0 spiro atoms. The van der Waals surface area contributed by atoms with E-state index >= 15 is 0 Å². The molecule has 2 N–H and O–H groups in total. The second-order valence-electron chi connectivity index (χ2n) is 2.96. The Hall–Kier alpha value is -0.520. The summed E-state index contributed by atoms with van der Waals surface area (Å²) in [4.78, 5) is 0. The van der Waals surface area contributed by atoms with E-state index in [1.54, 1.807) is 0 Å². The van der Waals surface area contributed by atoms with Crippen molar-refractivity contribution in [3.8, 4) is 0 Å². The smallest absolute Gasteiger partial charge is 0.0771 e. The van der Waals surface area contributed by atoms with Crippen molar-refractivity contribution in [2.75, 3.05) is 19.6 Å². The van der Waals surface area contributed by atoms with Gasteiger partial charge in [-0.2, -0.15) is 0 Å². The highest BCUT2D eigenvalue weighted by Gasteiger charge is 2.13. The van der Waals surface area contributed by atoms with Crippen molar-refractivity contribution in [2.45, 2.75) is 12.5 Å². The fourth-order valence-electron chi connectivity index (χ4n) is 1.38. The lowest BCUT2D eigenvalue weighted by Crippen LogP contribution is -2.49. The molecule has 1 aliphatic rings. The normalized spacial score (nSPS) is 24.2. The van der Waals surface area contributed by atoms with Gasteiger partial charge in [0.2, 0.25) is 0 Å². The maximum absolute atomic E-state index is 4.01. The van der Waals surface area contributed by atoms with E-state index < -0.39 is 0 Å². The van der Waals surface area contributed by atoms with Crippen molar-refractivity contribution in [1.82, 2.24) is 20.2 Å². The molecule has 4 nitrogen and oxygen atoms in total. The fourth-order valence-corrected chi connectivity index (χ4v) is 1.85.